The van der Waals surface area contributed by atoms with Crippen molar-refractivity contribution in [1.82, 2.24) is 9.88 Å². The van der Waals surface area contributed by atoms with E-state index in [1.54, 1.807) is 11.8 Å². The summed E-state index contributed by atoms with van der Waals surface area (Å²) in [5, 5.41) is 13.2. The molecule has 0 aliphatic rings. The van der Waals surface area contributed by atoms with Crippen LogP contribution in [0.5, 0.6) is 0 Å². The van der Waals surface area contributed by atoms with Crippen molar-refractivity contribution in [2.75, 3.05) is 6.26 Å². The second-order valence-electron chi connectivity index (χ2n) is 6.45. The molecule has 5 heteroatoms. The first-order chi connectivity index (χ1) is 13.0. The number of nitrogens with one attached hydrogen (secondary N) is 1. The summed E-state index contributed by atoms with van der Waals surface area (Å²) >= 11 is 1.72. The van der Waals surface area contributed by atoms with Gasteiger partial charge in [0.25, 0.3) is 0 Å². The van der Waals surface area contributed by atoms with Crippen LogP contribution >= 0.6 is 11.8 Å². The molecular weight excluding hydrogens is 356 g/mol. The summed E-state index contributed by atoms with van der Waals surface area (Å²) in [6, 6.07) is 18.3. The normalized spacial score (nSPS) is 10.9. The number of thioether (sulfide) groups is 1. The minimum atomic E-state index is -0.883. The molecule has 0 atom stereocenters. The van der Waals surface area contributed by atoms with Crippen LogP contribution in [0.3, 0.4) is 0 Å². The SMILES string of the molecule is CSc1ccc(CNCc2c(C(=O)O)c(C)n(-c3ccccc3)c2C)cc1. The van der Waals surface area contributed by atoms with Crippen molar-refractivity contribution in [3.8, 4) is 5.69 Å². The Kier molecular flexibility index (Phi) is 6.04. The summed E-state index contributed by atoms with van der Waals surface area (Å²) in [6.07, 6.45) is 2.06. The highest BCUT2D eigenvalue weighted by atomic mass is 32.2. The first-order valence-electron chi connectivity index (χ1n) is 8.86. The molecule has 4 nitrogen and oxygen atoms in total. The van der Waals surface area contributed by atoms with E-state index in [0.29, 0.717) is 18.7 Å². The molecule has 27 heavy (non-hydrogen) atoms. The standard InChI is InChI=1S/C22H24N2O2S/c1-15-20(14-23-13-17-9-11-19(27-3)12-10-17)21(22(25)26)16(2)24(15)18-7-5-4-6-8-18/h4-12,23H,13-14H2,1-3H3,(H,25,26). The van der Waals surface area contributed by atoms with Crippen LogP contribution in [-0.4, -0.2) is 21.9 Å². The van der Waals surface area contributed by atoms with E-state index in [-0.39, 0.29) is 0 Å². The maximum absolute atomic E-state index is 11.9. The van der Waals surface area contributed by atoms with Gasteiger partial charge in [0.1, 0.15) is 0 Å². The zero-order valence-corrected chi connectivity index (χ0v) is 16.6. The van der Waals surface area contributed by atoms with Gasteiger partial charge in [-0.1, -0.05) is 30.3 Å². The van der Waals surface area contributed by atoms with E-state index in [0.717, 1.165) is 22.6 Å². The van der Waals surface area contributed by atoms with Gasteiger partial charge < -0.3 is 15.0 Å². The number of hydrogen-bond donors (Lipinski definition) is 2. The first kappa shape index (κ1) is 19.3. The number of carboxylic acids is 1. The zero-order valence-electron chi connectivity index (χ0n) is 15.8. The monoisotopic (exact) mass is 380 g/mol. The molecule has 3 aromatic rings. The molecule has 0 unspecified atom stereocenters. The van der Waals surface area contributed by atoms with Crippen LogP contribution in [0, 0.1) is 13.8 Å². The van der Waals surface area contributed by atoms with Crippen LogP contribution in [0.15, 0.2) is 59.5 Å². The fourth-order valence-corrected chi connectivity index (χ4v) is 3.85. The van der Waals surface area contributed by atoms with Crippen molar-refractivity contribution in [3.63, 3.8) is 0 Å². The second kappa shape index (κ2) is 8.46. The van der Waals surface area contributed by atoms with Gasteiger partial charge in [0, 0.05) is 40.6 Å². The van der Waals surface area contributed by atoms with E-state index in [4.69, 9.17) is 0 Å². The summed E-state index contributed by atoms with van der Waals surface area (Å²) in [5.41, 5.74) is 5.11. The Morgan fingerprint density at radius 3 is 2.26 bits per heavy atom. The van der Waals surface area contributed by atoms with E-state index in [1.807, 2.05) is 48.7 Å². The highest BCUT2D eigenvalue weighted by molar-refractivity contribution is 7.98. The predicted octanol–water partition coefficient (Wildman–Crippen LogP) is 4.80. The fraction of sp³-hybridized carbons (Fsp3) is 0.227. The summed E-state index contributed by atoms with van der Waals surface area (Å²) in [4.78, 5) is 13.1. The highest BCUT2D eigenvalue weighted by Gasteiger charge is 2.22. The maximum Gasteiger partial charge on any atom is 0.337 e. The van der Waals surface area contributed by atoms with Crippen molar-refractivity contribution in [2.24, 2.45) is 0 Å². The summed E-state index contributed by atoms with van der Waals surface area (Å²) in [6.45, 7) is 5.06. The molecule has 2 aromatic carbocycles. The molecule has 0 aliphatic heterocycles. The van der Waals surface area contributed by atoms with Gasteiger partial charge in [-0.3, -0.25) is 0 Å². The van der Waals surface area contributed by atoms with Gasteiger partial charge in [-0.05, 0) is 49.9 Å². The third kappa shape index (κ3) is 4.10. The number of para-hydroxylation sites is 1. The fourth-order valence-electron chi connectivity index (χ4n) is 3.44. The topological polar surface area (TPSA) is 54.3 Å². The minimum absolute atomic E-state index is 0.390. The van der Waals surface area contributed by atoms with Gasteiger partial charge >= 0.3 is 5.97 Å². The first-order valence-corrected chi connectivity index (χ1v) is 10.1. The number of hydrogen-bond acceptors (Lipinski definition) is 3. The maximum atomic E-state index is 11.9. The van der Waals surface area contributed by atoms with E-state index in [1.165, 1.54) is 10.5 Å². The average Bonchev–Trinajstić information content (AvgIpc) is 2.93. The number of carbonyl (C=O) groups is 1. The molecule has 1 aromatic heterocycles. The number of aromatic carboxylic acids is 1. The molecule has 3 rings (SSSR count). The Morgan fingerprint density at radius 2 is 1.67 bits per heavy atom. The van der Waals surface area contributed by atoms with Crippen LogP contribution in [0.2, 0.25) is 0 Å². The lowest BCUT2D eigenvalue weighted by atomic mass is 10.1. The van der Waals surface area contributed by atoms with Crippen molar-refractivity contribution < 1.29 is 9.90 Å². The largest absolute Gasteiger partial charge is 0.478 e. The van der Waals surface area contributed by atoms with E-state index in [2.05, 4.69) is 35.8 Å². The highest BCUT2D eigenvalue weighted by Crippen LogP contribution is 2.26. The van der Waals surface area contributed by atoms with Gasteiger partial charge in [0.15, 0.2) is 0 Å². The minimum Gasteiger partial charge on any atom is -0.478 e. The molecule has 0 spiro atoms. The molecular formula is C22H24N2O2S. The van der Waals surface area contributed by atoms with Gasteiger partial charge in [-0.15, -0.1) is 11.8 Å². The summed E-state index contributed by atoms with van der Waals surface area (Å²) in [7, 11) is 0. The molecule has 0 fully saturated rings. The number of nitrogens with zero attached hydrogens (tertiary/aromatic N) is 1. The third-order valence-electron chi connectivity index (χ3n) is 4.79. The molecule has 0 amide bonds. The average molecular weight is 381 g/mol. The van der Waals surface area contributed by atoms with Crippen LogP contribution in [0.1, 0.15) is 32.9 Å². The van der Waals surface area contributed by atoms with Crippen LogP contribution in [0.25, 0.3) is 5.69 Å². The Balaban J connectivity index is 1.84. The molecule has 0 radical (unpaired) electrons. The van der Waals surface area contributed by atoms with E-state index >= 15 is 0 Å². The Labute approximate surface area is 164 Å². The molecule has 0 bridgehead atoms. The van der Waals surface area contributed by atoms with Crippen molar-refractivity contribution >= 4 is 17.7 Å². The predicted molar refractivity (Wildman–Crippen MR) is 111 cm³/mol. The molecule has 0 aliphatic carbocycles. The number of rotatable bonds is 7. The van der Waals surface area contributed by atoms with Crippen molar-refractivity contribution in [1.29, 1.82) is 0 Å². The number of carboxylic acid groups (broad SMARTS) is 1. The lowest BCUT2D eigenvalue weighted by molar-refractivity contribution is 0.0695. The van der Waals surface area contributed by atoms with Crippen molar-refractivity contribution in [3.05, 3.63) is 82.7 Å². The Hall–Kier alpha value is -2.50. The zero-order chi connectivity index (χ0) is 19.4. The Morgan fingerprint density at radius 1 is 1.00 bits per heavy atom. The molecule has 2 N–H and O–H groups in total. The lowest BCUT2D eigenvalue weighted by Crippen LogP contribution is -2.15. The van der Waals surface area contributed by atoms with Gasteiger partial charge in [-0.2, -0.15) is 0 Å². The van der Waals surface area contributed by atoms with Crippen LogP contribution in [-0.2, 0) is 13.1 Å². The van der Waals surface area contributed by atoms with Crippen LogP contribution < -0.4 is 5.32 Å². The lowest BCUT2D eigenvalue weighted by Gasteiger charge is -2.10. The third-order valence-corrected chi connectivity index (χ3v) is 5.53. The molecule has 0 saturated carbocycles. The van der Waals surface area contributed by atoms with Crippen molar-refractivity contribution in [2.45, 2.75) is 31.8 Å². The van der Waals surface area contributed by atoms with Gasteiger partial charge in [0.2, 0.25) is 0 Å². The Bertz CT molecular complexity index is 931. The van der Waals surface area contributed by atoms with Crippen LogP contribution in [0.4, 0.5) is 0 Å². The number of aromatic nitrogens is 1. The van der Waals surface area contributed by atoms with Gasteiger partial charge in [0.05, 0.1) is 5.56 Å². The molecule has 140 valence electrons. The molecule has 1 heterocycles. The van der Waals surface area contributed by atoms with E-state index < -0.39 is 5.97 Å². The summed E-state index contributed by atoms with van der Waals surface area (Å²) < 4.78 is 2.02. The number of benzene rings is 2. The smallest absolute Gasteiger partial charge is 0.337 e. The van der Waals surface area contributed by atoms with Gasteiger partial charge in [-0.25, -0.2) is 4.79 Å². The second-order valence-corrected chi connectivity index (χ2v) is 7.33. The van der Waals surface area contributed by atoms with E-state index in [9.17, 15) is 9.90 Å². The summed E-state index contributed by atoms with van der Waals surface area (Å²) in [5.74, 6) is -0.883. The molecule has 0 saturated heterocycles. The quantitative estimate of drug-likeness (QED) is 0.578.